The number of hydrogen-bond donors (Lipinski definition) is 0. The van der Waals surface area contributed by atoms with Crippen LogP contribution in [0.25, 0.3) is 10.8 Å². The molecule has 0 aliphatic carbocycles. The van der Waals surface area contributed by atoms with Crippen LogP contribution in [0.15, 0.2) is 45.6 Å². The average Bonchev–Trinajstić information content (AvgIpc) is 3.06. The highest BCUT2D eigenvalue weighted by Gasteiger charge is 2.36. The molecule has 0 fully saturated rings. The number of nitrogens with zero attached hydrogens (tertiary/aromatic N) is 3. The van der Waals surface area contributed by atoms with Crippen molar-refractivity contribution in [2.75, 3.05) is 10.6 Å². The van der Waals surface area contributed by atoms with Crippen molar-refractivity contribution in [3.8, 4) is 0 Å². The molecule has 112 valence electrons. The number of hydrogen-bond acceptors (Lipinski definition) is 6. The Morgan fingerprint density at radius 2 is 1.95 bits per heavy atom. The molecule has 0 radical (unpaired) electrons. The Morgan fingerprint density at radius 1 is 1.18 bits per heavy atom. The third-order valence-electron chi connectivity index (χ3n) is 3.58. The lowest BCUT2D eigenvalue weighted by Crippen LogP contribution is -2.26. The summed E-state index contributed by atoms with van der Waals surface area (Å²) in [7, 11) is -3.53. The van der Waals surface area contributed by atoms with E-state index in [-0.39, 0.29) is 6.54 Å². The molecule has 0 saturated heterocycles. The molecule has 1 aliphatic rings. The van der Waals surface area contributed by atoms with Crippen LogP contribution in [0.1, 0.15) is 5.01 Å². The van der Waals surface area contributed by atoms with E-state index in [0.29, 0.717) is 15.6 Å². The predicted molar refractivity (Wildman–Crippen MR) is 89.0 cm³/mol. The van der Waals surface area contributed by atoms with E-state index in [9.17, 15) is 8.42 Å². The van der Waals surface area contributed by atoms with Crippen LogP contribution in [0.5, 0.6) is 0 Å². The molecule has 22 heavy (non-hydrogen) atoms. The first-order valence-corrected chi connectivity index (χ1v) is 10.0. The zero-order chi connectivity index (χ0) is 15.3. The smallest absolute Gasteiger partial charge is 0.259 e. The molecule has 8 heteroatoms. The molecule has 0 saturated carbocycles. The lowest BCUT2D eigenvalue weighted by molar-refractivity contribution is 0.593. The summed E-state index contributed by atoms with van der Waals surface area (Å²) < 4.78 is 27.9. The summed E-state index contributed by atoms with van der Waals surface area (Å²) in [5, 5.41) is 10.5. The Morgan fingerprint density at radius 3 is 2.68 bits per heavy atom. The highest BCUT2D eigenvalue weighted by atomic mass is 32.2. The van der Waals surface area contributed by atoms with Crippen LogP contribution in [0.4, 0.5) is 5.69 Å². The summed E-state index contributed by atoms with van der Waals surface area (Å²) in [6.45, 7) is 0.217. The van der Waals surface area contributed by atoms with Gasteiger partial charge in [-0.3, -0.25) is 4.31 Å². The van der Waals surface area contributed by atoms with Crippen molar-refractivity contribution in [3.05, 3.63) is 41.4 Å². The van der Waals surface area contributed by atoms with Crippen LogP contribution in [-0.4, -0.2) is 24.9 Å². The lowest BCUT2D eigenvalue weighted by Gasteiger charge is -2.16. The van der Waals surface area contributed by atoms with Crippen molar-refractivity contribution >= 4 is 49.6 Å². The Bertz CT molecular complexity index is 977. The van der Waals surface area contributed by atoms with Gasteiger partial charge in [0.15, 0.2) is 4.34 Å². The largest absolute Gasteiger partial charge is 0.265 e. The van der Waals surface area contributed by atoms with E-state index in [0.717, 1.165) is 15.1 Å². The van der Waals surface area contributed by atoms with E-state index in [1.54, 1.807) is 12.1 Å². The van der Waals surface area contributed by atoms with Crippen LogP contribution in [-0.2, 0) is 16.6 Å². The van der Waals surface area contributed by atoms with Crippen LogP contribution in [0, 0.1) is 0 Å². The van der Waals surface area contributed by atoms with Gasteiger partial charge in [-0.05, 0) is 23.8 Å². The van der Waals surface area contributed by atoms with Crippen LogP contribution in [0.2, 0.25) is 0 Å². The van der Waals surface area contributed by atoms with Gasteiger partial charge in [-0.15, -0.1) is 10.2 Å². The van der Waals surface area contributed by atoms with Gasteiger partial charge in [0.25, 0.3) is 10.0 Å². The van der Waals surface area contributed by atoms with E-state index in [1.165, 1.54) is 27.4 Å². The van der Waals surface area contributed by atoms with Crippen molar-refractivity contribution in [2.45, 2.75) is 15.8 Å². The number of benzene rings is 2. The minimum absolute atomic E-state index is 0.217. The fraction of sp³-hybridized carbons (Fsp3) is 0.143. The molecule has 0 amide bonds. The van der Waals surface area contributed by atoms with Crippen LogP contribution < -0.4 is 4.31 Å². The zero-order valence-electron chi connectivity index (χ0n) is 11.6. The van der Waals surface area contributed by atoms with Crippen molar-refractivity contribution in [1.29, 1.82) is 0 Å². The van der Waals surface area contributed by atoms with Gasteiger partial charge in [0, 0.05) is 5.39 Å². The van der Waals surface area contributed by atoms with E-state index in [1.807, 2.05) is 30.5 Å². The van der Waals surface area contributed by atoms with Crippen LogP contribution >= 0.6 is 23.1 Å². The molecule has 2 heterocycles. The number of thioether (sulfide) groups is 1. The standard InChI is InChI=1S/C14H11N3O2S3/c1-20-14-16-15-12(21-14)8-17-10-6-2-4-9-5-3-7-11(13(9)10)22(17,18)19/h2-7H,8H2,1H3. The highest BCUT2D eigenvalue weighted by Crippen LogP contribution is 2.42. The maximum Gasteiger partial charge on any atom is 0.265 e. The van der Waals surface area contributed by atoms with E-state index in [4.69, 9.17) is 0 Å². The SMILES string of the molecule is CSc1nnc(CN2c3cccc4cccc(c34)S2(=O)=O)s1. The zero-order valence-corrected chi connectivity index (χ0v) is 14.0. The first-order chi connectivity index (χ1) is 10.6. The second-order valence-corrected chi connectivity index (χ2v) is 8.76. The number of sulfonamides is 1. The molecule has 1 aliphatic heterocycles. The summed E-state index contributed by atoms with van der Waals surface area (Å²) in [6, 6.07) is 11.0. The molecule has 5 nitrogen and oxygen atoms in total. The maximum atomic E-state index is 12.8. The summed E-state index contributed by atoms with van der Waals surface area (Å²) in [5.41, 5.74) is 0.717. The highest BCUT2D eigenvalue weighted by molar-refractivity contribution is 8.00. The Hall–Kier alpha value is -1.64. The van der Waals surface area contributed by atoms with Gasteiger partial charge in [-0.25, -0.2) is 8.42 Å². The number of anilines is 1. The van der Waals surface area contributed by atoms with Gasteiger partial charge in [0.05, 0.1) is 17.1 Å². The second-order valence-electron chi connectivity index (χ2n) is 4.81. The molecular formula is C14H11N3O2S3. The van der Waals surface area contributed by atoms with Gasteiger partial charge in [0.1, 0.15) is 5.01 Å². The third kappa shape index (κ3) is 1.94. The normalized spacial score (nSPS) is 15.6. The van der Waals surface area contributed by atoms with Crippen molar-refractivity contribution < 1.29 is 8.42 Å². The van der Waals surface area contributed by atoms with Crippen molar-refractivity contribution in [1.82, 2.24) is 10.2 Å². The molecular weight excluding hydrogens is 338 g/mol. The summed E-state index contributed by atoms with van der Waals surface area (Å²) in [5.74, 6) is 0. The van der Waals surface area contributed by atoms with Gasteiger partial charge < -0.3 is 0 Å². The topological polar surface area (TPSA) is 63.2 Å². The fourth-order valence-corrected chi connectivity index (χ4v) is 5.69. The Kier molecular flexibility index (Phi) is 3.14. The molecule has 2 aromatic carbocycles. The summed E-state index contributed by atoms with van der Waals surface area (Å²) in [4.78, 5) is 0.371. The number of aromatic nitrogens is 2. The Labute approximate surface area is 136 Å². The van der Waals surface area contributed by atoms with Crippen molar-refractivity contribution in [3.63, 3.8) is 0 Å². The maximum absolute atomic E-state index is 12.8. The molecule has 0 bridgehead atoms. The average molecular weight is 349 g/mol. The minimum atomic E-state index is -3.53. The second kappa shape index (κ2) is 4.94. The molecule has 3 aromatic rings. The van der Waals surface area contributed by atoms with Gasteiger partial charge in [-0.1, -0.05) is 47.4 Å². The van der Waals surface area contributed by atoms with Gasteiger partial charge in [-0.2, -0.15) is 0 Å². The van der Waals surface area contributed by atoms with E-state index in [2.05, 4.69) is 10.2 Å². The predicted octanol–water partition coefficient (Wildman–Crippen LogP) is 3.12. The lowest BCUT2D eigenvalue weighted by atomic mass is 10.1. The summed E-state index contributed by atoms with van der Waals surface area (Å²) in [6.07, 6.45) is 1.92. The fourth-order valence-electron chi connectivity index (χ4n) is 2.64. The van der Waals surface area contributed by atoms with Gasteiger partial charge in [0.2, 0.25) is 0 Å². The molecule has 0 atom stereocenters. The van der Waals surface area contributed by atoms with E-state index < -0.39 is 10.0 Å². The molecule has 4 rings (SSSR count). The monoisotopic (exact) mass is 349 g/mol. The quantitative estimate of drug-likeness (QED) is 0.680. The van der Waals surface area contributed by atoms with Crippen molar-refractivity contribution in [2.24, 2.45) is 0 Å². The number of rotatable bonds is 3. The minimum Gasteiger partial charge on any atom is -0.259 e. The van der Waals surface area contributed by atoms with Crippen LogP contribution in [0.3, 0.4) is 0 Å². The molecule has 0 spiro atoms. The molecule has 0 N–H and O–H groups in total. The summed E-state index contributed by atoms with van der Waals surface area (Å²) >= 11 is 2.93. The third-order valence-corrected chi connectivity index (χ3v) is 7.27. The van der Waals surface area contributed by atoms with E-state index >= 15 is 0 Å². The first-order valence-electron chi connectivity index (χ1n) is 6.52. The molecule has 1 aromatic heterocycles. The Balaban J connectivity index is 1.86. The molecule has 0 unspecified atom stereocenters. The first kappa shape index (κ1) is 14.0. The van der Waals surface area contributed by atoms with Gasteiger partial charge >= 0.3 is 0 Å².